The normalized spacial score (nSPS) is 16.9. The number of aliphatic hydroxyl groups is 1. The number of hydrogen-bond acceptors (Lipinski definition) is 7. The number of fused-ring (bicyclic) bond motifs is 2. The Balaban J connectivity index is 0.00000119. The lowest BCUT2D eigenvalue weighted by Gasteiger charge is -2.26. The van der Waals surface area contributed by atoms with Gasteiger partial charge >= 0.3 is 0 Å². The Morgan fingerprint density at radius 2 is 1.91 bits per heavy atom. The van der Waals surface area contributed by atoms with E-state index in [9.17, 15) is 0 Å². The molecule has 3 heterocycles. The van der Waals surface area contributed by atoms with Crippen LogP contribution in [0, 0.1) is 6.92 Å². The molecule has 172 valence electrons. The van der Waals surface area contributed by atoms with Gasteiger partial charge in [0.1, 0.15) is 5.75 Å². The first-order valence-corrected chi connectivity index (χ1v) is 11.4. The Hall–Kier alpha value is -2.71. The van der Waals surface area contributed by atoms with Gasteiger partial charge in [-0.05, 0) is 56.5 Å². The zero-order chi connectivity index (χ0) is 22.7. The maximum absolute atomic E-state index is 7.00. The Kier molecular flexibility index (Phi) is 6.91. The molecule has 1 aliphatic heterocycles. The van der Waals surface area contributed by atoms with Gasteiger partial charge in [0.05, 0.1) is 29.9 Å². The van der Waals surface area contributed by atoms with E-state index in [1.807, 2.05) is 13.1 Å². The van der Waals surface area contributed by atoms with Crippen LogP contribution in [0.4, 0.5) is 11.6 Å². The number of ether oxygens (including phenoxy) is 1. The van der Waals surface area contributed by atoms with E-state index in [-0.39, 0.29) is 0 Å². The van der Waals surface area contributed by atoms with E-state index in [0.717, 1.165) is 54.8 Å². The Morgan fingerprint density at radius 1 is 1.12 bits per heavy atom. The third-order valence-corrected chi connectivity index (χ3v) is 6.53. The fourth-order valence-electron chi connectivity index (χ4n) is 4.82. The van der Waals surface area contributed by atoms with E-state index in [1.54, 1.807) is 7.11 Å². The number of hydrogen-bond donors (Lipinski definition) is 2. The van der Waals surface area contributed by atoms with E-state index in [2.05, 4.69) is 39.1 Å². The minimum atomic E-state index is 0.437. The number of anilines is 2. The van der Waals surface area contributed by atoms with Gasteiger partial charge in [-0.1, -0.05) is 19.3 Å². The van der Waals surface area contributed by atoms with Gasteiger partial charge in [0.2, 0.25) is 5.95 Å². The van der Waals surface area contributed by atoms with Gasteiger partial charge in [0.25, 0.3) is 0 Å². The van der Waals surface area contributed by atoms with Crippen molar-refractivity contribution in [2.75, 3.05) is 33.1 Å². The first kappa shape index (κ1) is 22.5. The second-order valence-electron chi connectivity index (χ2n) is 8.69. The molecule has 2 aliphatic rings. The molecule has 1 aromatic carbocycles. The molecule has 0 unspecified atom stereocenters. The number of likely N-dealkylation sites (N-methyl/N-ethyl adjacent to an activating group) is 1. The summed E-state index contributed by atoms with van der Waals surface area (Å²) >= 11 is 0. The van der Waals surface area contributed by atoms with Crippen molar-refractivity contribution in [3.63, 3.8) is 0 Å². The molecule has 0 amide bonds. The molecule has 2 aromatic heterocycles. The quantitative estimate of drug-likeness (QED) is 0.637. The number of methoxy groups -OCH3 is 1. The predicted octanol–water partition coefficient (Wildman–Crippen LogP) is 3.99. The summed E-state index contributed by atoms with van der Waals surface area (Å²) in [7, 11) is 4.87. The van der Waals surface area contributed by atoms with Crippen LogP contribution in [0.3, 0.4) is 0 Å². The maximum Gasteiger partial charge on any atom is 0.229 e. The largest absolute Gasteiger partial charge is 0.495 e. The number of benzene rings is 1. The number of nitrogens with one attached hydrogen (secondary N) is 1. The van der Waals surface area contributed by atoms with Crippen LogP contribution in [-0.4, -0.2) is 57.6 Å². The lowest BCUT2D eigenvalue weighted by molar-refractivity contribution is 0.312. The van der Waals surface area contributed by atoms with Crippen LogP contribution in [-0.2, 0) is 13.0 Å². The zero-order valence-electron chi connectivity index (χ0n) is 19.6. The monoisotopic (exact) mass is 438 g/mol. The maximum atomic E-state index is 7.00. The van der Waals surface area contributed by atoms with E-state index < -0.39 is 0 Å². The second kappa shape index (κ2) is 9.83. The molecule has 0 atom stereocenters. The number of aryl methyl sites for hydroxylation is 1. The molecule has 1 fully saturated rings. The summed E-state index contributed by atoms with van der Waals surface area (Å²) < 4.78 is 7.81. The lowest BCUT2D eigenvalue weighted by Crippen LogP contribution is -2.26. The van der Waals surface area contributed by atoms with E-state index in [1.165, 1.54) is 43.2 Å². The predicted molar refractivity (Wildman–Crippen MR) is 127 cm³/mol. The van der Waals surface area contributed by atoms with Crippen molar-refractivity contribution in [2.24, 2.45) is 0 Å². The van der Waals surface area contributed by atoms with Crippen molar-refractivity contribution in [3.8, 4) is 5.75 Å². The Bertz CT molecular complexity index is 1070. The van der Waals surface area contributed by atoms with Gasteiger partial charge in [-0.2, -0.15) is 10.1 Å². The summed E-state index contributed by atoms with van der Waals surface area (Å²) in [6.45, 7) is 4.07. The molecule has 0 radical (unpaired) electrons. The minimum absolute atomic E-state index is 0.437. The van der Waals surface area contributed by atoms with Crippen LogP contribution in [0.5, 0.6) is 5.75 Å². The molecule has 2 N–H and O–H groups in total. The van der Waals surface area contributed by atoms with Crippen molar-refractivity contribution in [3.05, 3.63) is 35.2 Å². The van der Waals surface area contributed by atoms with Gasteiger partial charge in [0.15, 0.2) is 5.65 Å². The van der Waals surface area contributed by atoms with Crippen LogP contribution < -0.4 is 10.1 Å². The fourth-order valence-corrected chi connectivity index (χ4v) is 4.82. The molecule has 0 saturated heterocycles. The Labute approximate surface area is 189 Å². The first-order valence-electron chi connectivity index (χ1n) is 11.4. The highest BCUT2D eigenvalue weighted by Crippen LogP contribution is 2.34. The van der Waals surface area contributed by atoms with Crippen LogP contribution in [0.2, 0.25) is 0 Å². The molecule has 3 aromatic rings. The molecule has 5 rings (SSSR count). The highest BCUT2D eigenvalue weighted by Gasteiger charge is 2.22. The molecule has 0 spiro atoms. The number of rotatable bonds is 4. The molecule has 32 heavy (non-hydrogen) atoms. The summed E-state index contributed by atoms with van der Waals surface area (Å²) in [5.41, 5.74) is 5.52. The minimum Gasteiger partial charge on any atom is -0.495 e. The molecule has 1 saturated carbocycles. The van der Waals surface area contributed by atoms with Crippen molar-refractivity contribution in [1.82, 2.24) is 24.6 Å². The summed E-state index contributed by atoms with van der Waals surface area (Å²) in [4.78, 5) is 11.8. The first-order chi connectivity index (χ1) is 15.6. The van der Waals surface area contributed by atoms with Crippen molar-refractivity contribution >= 4 is 22.7 Å². The topological polar surface area (TPSA) is 88.3 Å². The van der Waals surface area contributed by atoms with Crippen LogP contribution in [0.1, 0.15) is 55.0 Å². The van der Waals surface area contributed by atoms with Crippen molar-refractivity contribution in [1.29, 1.82) is 0 Å². The van der Waals surface area contributed by atoms with E-state index in [4.69, 9.17) is 19.9 Å². The third-order valence-electron chi connectivity index (χ3n) is 6.53. The van der Waals surface area contributed by atoms with Gasteiger partial charge < -0.3 is 20.1 Å². The summed E-state index contributed by atoms with van der Waals surface area (Å²) in [6.07, 6.45) is 9.15. The number of nitrogens with zero attached hydrogens (tertiary/aromatic N) is 5. The molecule has 8 heteroatoms. The SMILES string of the molecule is CO.COc1cc2c(cc1Nc1ncc3c(C)nn(C4CCCCC4)c3n1)CN(C)CC2. The van der Waals surface area contributed by atoms with Crippen molar-refractivity contribution < 1.29 is 9.84 Å². The molecule has 0 bridgehead atoms. The molecule has 8 nitrogen and oxygen atoms in total. The highest BCUT2D eigenvalue weighted by atomic mass is 16.5. The number of aliphatic hydroxyl groups excluding tert-OH is 1. The van der Waals surface area contributed by atoms with Gasteiger partial charge in [0, 0.05) is 26.4 Å². The standard InChI is InChI=1S/C23H30N6O.CH4O/c1-15-19-13-24-23(26-22(19)29(27-15)18-7-5-4-6-8-18)25-20-11-17-14-28(2)10-9-16(17)12-21(20)30-3;1-2/h11-13,18H,4-10,14H2,1-3H3,(H,24,25,26);2H,1H3. The van der Waals surface area contributed by atoms with Gasteiger partial charge in [-0.3, -0.25) is 0 Å². The summed E-state index contributed by atoms with van der Waals surface area (Å²) in [6, 6.07) is 4.77. The second-order valence-corrected chi connectivity index (χ2v) is 8.69. The van der Waals surface area contributed by atoms with Crippen LogP contribution >= 0.6 is 0 Å². The van der Waals surface area contributed by atoms with E-state index >= 15 is 0 Å². The van der Waals surface area contributed by atoms with Crippen LogP contribution in [0.15, 0.2) is 18.3 Å². The molecular formula is C24H34N6O2. The molecular weight excluding hydrogens is 404 g/mol. The van der Waals surface area contributed by atoms with Gasteiger partial charge in [-0.15, -0.1) is 0 Å². The molecule has 1 aliphatic carbocycles. The summed E-state index contributed by atoms with van der Waals surface area (Å²) in [5.74, 6) is 1.42. The highest BCUT2D eigenvalue weighted by molar-refractivity contribution is 5.79. The third kappa shape index (κ3) is 4.42. The van der Waals surface area contributed by atoms with Crippen molar-refractivity contribution in [2.45, 2.75) is 58.0 Å². The zero-order valence-corrected chi connectivity index (χ0v) is 19.6. The summed E-state index contributed by atoms with van der Waals surface area (Å²) in [5, 5.41) is 16.3. The fraction of sp³-hybridized carbons (Fsp3) is 0.542. The van der Waals surface area contributed by atoms with Gasteiger partial charge in [-0.25, -0.2) is 9.67 Å². The Morgan fingerprint density at radius 3 is 2.66 bits per heavy atom. The lowest BCUT2D eigenvalue weighted by atomic mass is 9.96. The average molecular weight is 439 g/mol. The average Bonchev–Trinajstić information content (AvgIpc) is 3.16. The smallest absolute Gasteiger partial charge is 0.229 e. The van der Waals surface area contributed by atoms with E-state index in [0.29, 0.717) is 12.0 Å². The number of aromatic nitrogens is 4. The van der Waals surface area contributed by atoms with Crippen LogP contribution in [0.25, 0.3) is 11.0 Å².